The molecule has 0 radical (unpaired) electrons. The molecule has 94 valence electrons. The Morgan fingerprint density at radius 1 is 1.33 bits per heavy atom. The second-order valence-corrected chi connectivity index (χ2v) is 5.06. The van der Waals surface area contributed by atoms with Crippen molar-refractivity contribution in [2.45, 2.75) is 24.5 Å². The van der Waals surface area contributed by atoms with Gasteiger partial charge in [-0.25, -0.2) is 4.79 Å². The van der Waals surface area contributed by atoms with Crippen LogP contribution in [0, 0.1) is 13.8 Å². The lowest BCUT2D eigenvalue weighted by Crippen LogP contribution is -1.94. The van der Waals surface area contributed by atoms with Crippen molar-refractivity contribution in [3.05, 3.63) is 53.0 Å². The number of hydrogen-bond donors (Lipinski definition) is 1. The van der Waals surface area contributed by atoms with E-state index in [2.05, 4.69) is 13.0 Å². The van der Waals surface area contributed by atoms with E-state index >= 15 is 0 Å². The van der Waals surface area contributed by atoms with Crippen LogP contribution in [0.4, 0.5) is 0 Å². The highest BCUT2D eigenvalue weighted by atomic mass is 32.2. The van der Waals surface area contributed by atoms with Crippen LogP contribution in [-0.4, -0.2) is 11.1 Å². The summed E-state index contributed by atoms with van der Waals surface area (Å²) in [4.78, 5) is 12.1. The molecule has 3 nitrogen and oxygen atoms in total. The Balaban J connectivity index is 2.09. The molecule has 2 aromatic rings. The predicted molar refractivity (Wildman–Crippen MR) is 71.1 cm³/mol. The molecule has 0 aliphatic rings. The maximum Gasteiger partial charge on any atom is 0.339 e. The van der Waals surface area contributed by atoms with Crippen LogP contribution in [0.3, 0.4) is 0 Å². The van der Waals surface area contributed by atoms with Gasteiger partial charge >= 0.3 is 5.97 Å². The van der Waals surface area contributed by atoms with E-state index in [1.54, 1.807) is 24.8 Å². The van der Waals surface area contributed by atoms with Crippen LogP contribution < -0.4 is 0 Å². The van der Waals surface area contributed by atoms with Crippen molar-refractivity contribution in [1.29, 1.82) is 0 Å². The van der Waals surface area contributed by atoms with Crippen LogP contribution in [0.25, 0.3) is 0 Å². The van der Waals surface area contributed by atoms with Gasteiger partial charge in [-0.1, -0.05) is 18.2 Å². The summed E-state index contributed by atoms with van der Waals surface area (Å²) >= 11 is 1.65. The Labute approximate surface area is 110 Å². The topological polar surface area (TPSA) is 50.4 Å². The van der Waals surface area contributed by atoms with E-state index in [9.17, 15) is 4.79 Å². The van der Waals surface area contributed by atoms with Crippen LogP contribution in [0.2, 0.25) is 0 Å². The van der Waals surface area contributed by atoms with E-state index in [1.165, 1.54) is 10.5 Å². The van der Waals surface area contributed by atoms with Crippen LogP contribution in [0.5, 0.6) is 0 Å². The van der Waals surface area contributed by atoms with Crippen molar-refractivity contribution in [3.63, 3.8) is 0 Å². The summed E-state index contributed by atoms with van der Waals surface area (Å²) in [5.41, 5.74) is 1.46. The summed E-state index contributed by atoms with van der Waals surface area (Å²) in [6, 6.07) is 9.69. The highest BCUT2D eigenvalue weighted by Gasteiger charge is 2.13. The van der Waals surface area contributed by atoms with Gasteiger partial charge in [-0.15, -0.1) is 11.8 Å². The Kier molecular flexibility index (Phi) is 3.77. The molecule has 4 heteroatoms. The van der Waals surface area contributed by atoms with Gasteiger partial charge in [0.15, 0.2) is 0 Å². The van der Waals surface area contributed by atoms with E-state index in [0.717, 1.165) is 0 Å². The van der Waals surface area contributed by atoms with E-state index in [1.807, 2.05) is 18.2 Å². The second kappa shape index (κ2) is 5.31. The maximum atomic E-state index is 10.9. The van der Waals surface area contributed by atoms with Crippen molar-refractivity contribution in [2.24, 2.45) is 0 Å². The van der Waals surface area contributed by atoms with Crippen LogP contribution >= 0.6 is 11.8 Å². The minimum absolute atomic E-state index is 0.246. The molecule has 0 bridgehead atoms. The summed E-state index contributed by atoms with van der Waals surface area (Å²) < 4.78 is 5.44. The van der Waals surface area contributed by atoms with Crippen molar-refractivity contribution in [2.75, 3.05) is 0 Å². The van der Waals surface area contributed by atoms with Crippen LogP contribution in [0.1, 0.15) is 27.4 Å². The smallest absolute Gasteiger partial charge is 0.339 e. The number of carboxylic acids is 1. The first-order valence-electron chi connectivity index (χ1n) is 5.59. The molecule has 0 atom stereocenters. The molecule has 0 aliphatic carbocycles. The monoisotopic (exact) mass is 262 g/mol. The molecule has 0 fully saturated rings. The van der Waals surface area contributed by atoms with Gasteiger partial charge in [-0.05, 0) is 31.5 Å². The minimum Gasteiger partial charge on any atom is -0.478 e. The van der Waals surface area contributed by atoms with Gasteiger partial charge in [0.2, 0.25) is 0 Å². The van der Waals surface area contributed by atoms with Crippen molar-refractivity contribution in [1.82, 2.24) is 0 Å². The Bertz CT molecular complexity index is 572. The maximum absolute atomic E-state index is 10.9. The zero-order chi connectivity index (χ0) is 13.1. The molecule has 0 spiro atoms. The average molecular weight is 262 g/mol. The minimum atomic E-state index is -0.941. The number of thioether (sulfide) groups is 1. The molecule has 2 rings (SSSR count). The fourth-order valence-corrected chi connectivity index (χ4v) is 2.60. The number of rotatable bonds is 4. The van der Waals surface area contributed by atoms with Gasteiger partial charge in [-0.3, -0.25) is 0 Å². The Morgan fingerprint density at radius 3 is 2.67 bits per heavy atom. The zero-order valence-corrected chi connectivity index (χ0v) is 11.1. The number of hydrogen-bond acceptors (Lipinski definition) is 3. The predicted octanol–water partition coefficient (Wildman–Crippen LogP) is 3.89. The Morgan fingerprint density at radius 2 is 2.06 bits per heavy atom. The van der Waals surface area contributed by atoms with Crippen LogP contribution in [-0.2, 0) is 5.75 Å². The molecular formula is C14H14O3S. The van der Waals surface area contributed by atoms with Gasteiger partial charge < -0.3 is 9.52 Å². The summed E-state index contributed by atoms with van der Waals surface area (Å²) in [7, 11) is 0. The van der Waals surface area contributed by atoms with Gasteiger partial charge in [0, 0.05) is 4.90 Å². The van der Waals surface area contributed by atoms with Gasteiger partial charge in [-0.2, -0.15) is 0 Å². The first-order chi connectivity index (χ1) is 8.58. The fraction of sp³-hybridized carbons (Fsp3) is 0.214. The third-order valence-corrected chi connectivity index (χ3v) is 3.86. The molecule has 1 N–H and O–H groups in total. The lowest BCUT2D eigenvalue weighted by Gasteiger charge is -2.02. The Hall–Kier alpha value is -1.68. The van der Waals surface area contributed by atoms with Crippen molar-refractivity contribution in [3.8, 4) is 0 Å². The number of carbonyl (C=O) groups is 1. The van der Waals surface area contributed by atoms with Gasteiger partial charge in [0.1, 0.15) is 17.1 Å². The second-order valence-electron chi connectivity index (χ2n) is 4.04. The third-order valence-electron chi connectivity index (χ3n) is 2.66. The van der Waals surface area contributed by atoms with E-state index in [4.69, 9.17) is 9.52 Å². The molecule has 18 heavy (non-hydrogen) atoms. The lowest BCUT2D eigenvalue weighted by molar-refractivity contribution is 0.0695. The molecule has 0 aliphatic heterocycles. The highest BCUT2D eigenvalue weighted by molar-refractivity contribution is 7.98. The molecule has 1 aromatic heterocycles. The highest BCUT2D eigenvalue weighted by Crippen LogP contribution is 2.27. The van der Waals surface area contributed by atoms with E-state index in [0.29, 0.717) is 17.3 Å². The normalized spacial score (nSPS) is 10.6. The van der Waals surface area contributed by atoms with Gasteiger partial charge in [0.05, 0.1) is 5.75 Å². The molecule has 1 heterocycles. The fourth-order valence-electron chi connectivity index (χ4n) is 1.69. The molecule has 0 saturated heterocycles. The number of benzene rings is 1. The summed E-state index contributed by atoms with van der Waals surface area (Å²) in [5.74, 6) is 0.850. The van der Waals surface area contributed by atoms with E-state index in [-0.39, 0.29) is 5.56 Å². The van der Waals surface area contributed by atoms with Crippen LogP contribution in [0.15, 0.2) is 39.6 Å². The largest absolute Gasteiger partial charge is 0.478 e. The van der Waals surface area contributed by atoms with Crippen molar-refractivity contribution < 1.29 is 14.3 Å². The molecule has 0 saturated carbocycles. The quantitative estimate of drug-likeness (QED) is 0.849. The first kappa shape index (κ1) is 12.8. The SMILES string of the molecule is Cc1ccccc1SCc1cc(C(=O)O)c(C)o1. The lowest BCUT2D eigenvalue weighted by atomic mass is 10.2. The molecular weight excluding hydrogens is 248 g/mol. The standard InChI is InChI=1S/C14H14O3S/c1-9-5-3-4-6-13(9)18-8-11-7-12(14(15)16)10(2)17-11/h3-7H,8H2,1-2H3,(H,15,16). The zero-order valence-electron chi connectivity index (χ0n) is 10.3. The summed E-state index contributed by atoms with van der Waals surface area (Å²) in [5, 5.41) is 8.94. The summed E-state index contributed by atoms with van der Waals surface area (Å²) in [6.45, 7) is 3.73. The molecule has 0 amide bonds. The molecule has 1 aromatic carbocycles. The average Bonchev–Trinajstić information content (AvgIpc) is 2.70. The third kappa shape index (κ3) is 2.76. The van der Waals surface area contributed by atoms with E-state index < -0.39 is 5.97 Å². The molecule has 0 unspecified atom stereocenters. The van der Waals surface area contributed by atoms with Crippen molar-refractivity contribution >= 4 is 17.7 Å². The first-order valence-corrected chi connectivity index (χ1v) is 6.57. The number of aryl methyl sites for hydroxylation is 2. The number of carboxylic acid groups (broad SMARTS) is 1. The van der Waals surface area contributed by atoms with Gasteiger partial charge in [0.25, 0.3) is 0 Å². The number of furan rings is 1. The number of aromatic carboxylic acids is 1. The summed E-state index contributed by atoms with van der Waals surface area (Å²) in [6.07, 6.45) is 0.